The van der Waals surface area contributed by atoms with Crippen molar-refractivity contribution in [2.24, 2.45) is 5.41 Å². The molecule has 1 unspecified atom stereocenters. The first-order valence-electron chi connectivity index (χ1n) is 7.49. The molecule has 0 heterocycles. The van der Waals surface area contributed by atoms with Crippen molar-refractivity contribution in [1.29, 1.82) is 0 Å². The van der Waals surface area contributed by atoms with Gasteiger partial charge < -0.3 is 19.9 Å². The number of rotatable bonds is 9. The number of hydrogen-bond donors (Lipinski definition) is 2. The maximum Gasteiger partial charge on any atom is 0.127 e. The van der Waals surface area contributed by atoms with E-state index in [9.17, 15) is 0 Å². The van der Waals surface area contributed by atoms with Gasteiger partial charge >= 0.3 is 0 Å². The van der Waals surface area contributed by atoms with E-state index in [-0.39, 0.29) is 18.1 Å². The average molecular weight is 295 g/mol. The first-order chi connectivity index (χ1) is 9.93. The lowest BCUT2D eigenvalue weighted by Gasteiger charge is -2.27. The van der Waals surface area contributed by atoms with Gasteiger partial charge in [0, 0.05) is 30.8 Å². The Morgan fingerprint density at radius 1 is 1.24 bits per heavy atom. The summed E-state index contributed by atoms with van der Waals surface area (Å²) in [4.78, 5) is 0. The molecule has 0 fully saturated rings. The molecule has 0 bridgehead atoms. The predicted molar refractivity (Wildman–Crippen MR) is 86.1 cm³/mol. The van der Waals surface area contributed by atoms with Crippen molar-refractivity contribution in [1.82, 2.24) is 5.32 Å². The highest BCUT2D eigenvalue weighted by Gasteiger charge is 2.19. The largest absolute Gasteiger partial charge is 0.497 e. The summed E-state index contributed by atoms with van der Waals surface area (Å²) in [6.07, 6.45) is 1.85. The minimum absolute atomic E-state index is 0.163. The lowest BCUT2D eigenvalue weighted by Crippen LogP contribution is -2.31. The van der Waals surface area contributed by atoms with Crippen molar-refractivity contribution in [3.05, 3.63) is 23.8 Å². The zero-order valence-electron chi connectivity index (χ0n) is 13.9. The summed E-state index contributed by atoms with van der Waals surface area (Å²) in [6, 6.07) is 6.09. The second-order valence-corrected chi connectivity index (χ2v) is 6.20. The third-order valence-electron chi connectivity index (χ3n) is 3.81. The van der Waals surface area contributed by atoms with Crippen LogP contribution in [0.15, 0.2) is 18.2 Å². The Kier molecular flexibility index (Phi) is 6.99. The number of benzene rings is 1. The lowest BCUT2D eigenvalue weighted by atomic mass is 9.87. The van der Waals surface area contributed by atoms with Gasteiger partial charge in [0.1, 0.15) is 11.5 Å². The van der Waals surface area contributed by atoms with Crippen LogP contribution in [0, 0.1) is 5.41 Å². The SMILES string of the molecule is COc1ccc(C(C)NCC(C)(C)CCCO)c(OC)c1. The molecule has 21 heavy (non-hydrogen) atoms. The van der Waals surface area contributed by atoms with Gasteiger partial charge in [0.25, 0.3) is 0 Å². The Morgan fingerprint density at radius 3 is 2.52 bits per heavy atom. The van der Waals surface area contributed by atoms with E-state index in [0.717, 1.165) is 36.4 Å². The Morgan fingerprint density at radius 2 is 1.95 bits per heavy atom. The summed E-state index contributed by atoms with van der Waals surface area (Å²) < 4.78 is 10.7. The van der Waals surface area contributed by atoms with Crippen LogP contribution in [0.5, 0.6) is 11.5 Å². The molecule has 1 rings (SSSR count). The van der Waals surface area contributed by atoms with E-state index < -0.39 is 0 Å². The molecule has 4 heteroatoms. The molecule has 0 saturated carbocycles. The van der Waals surface area contributed by atoms with Gasteiger partial charge in [0.2, 0.25) is 0 Å². The first kappa shape index (κ1) is 17.8. The number of ether oxygens (including phenoxy) is 2. The molecule has 2 N–H and O–H groups in total. The Balaban J connectivity index is 2.69. The number of aliphatic hydroxyl groups is 1. The molecule has 0 aromatic heterocycles. The molecule has 0 saturated heterocycles. The molecule has 1 aromatic carbocycles. The molecular weight excluding hydrogens is 266 g/mol. The standard InChI is InChI=1S/C17H29NO3/c1-13(18-12-17(2,3)9-6-10-19)15-8-7-14(20-4)11-16(15)21-5/h7-8,11,13,18-19H,6,9-10,12H2,1-5H3. The van der Waals surface area contributed by atoms with Crippen LogP contribution < -0.4 is 14.8 Å². The minimum atomic E-state index is 0.163. The van der Waals surface area contributed by atoms with Crippen molar-refractivity contribution in [3.8, 4) is 11.5 Å². The second kappa shape index (κ2) is 8.25. The summed E-state index contributed by atoms with van der Waals surface area (Å²) >= 11 is 0. The second-order valence-electron chi connectivity index (χ2n) is 6.20. The maximum atomic E-state index is 8.95. The number of aliphatic hydroxyl groups excluding tert-OH is 1. The molecule has 0 aliphatic rings. The number of nitrogens with one attached hydrogen (secondary N) is 1. The summed E-state index contributed by atoms with van der Waals surface area (Å²) in [7, 11) is 3.33. The quantitative estimate of drug-likeness (QED) is 0.735. The lowest BCUT2D eigenvalue weighted by molar-refractivity contribution is 0.232. The average Bonchev–Trinajstić information content (AvgIpc) is 2.50. The van der Waals surface area contributed by atoms with E-state index in [1.807, 2.05) is 18.2 Å². The van der Waals surface area contributed by atoms with E-state index in [1.54, 1.807) is 14.2 Å². The van der Waals surface area contributed by atoms with Gasteiger partial charge in [-0.3, -0.25) is 0 Å². The highest BCUT2D eigenvalue weighted by atomic mass is 16.5. The molecular formula is C17H29NO3. The fourth-order valence-corrected chi connectivity index (χ4v) is 2.36. The van der Waals surface area contributed by atoms with Crippen molar-refractivity contribution in [2.75, 3.05) is 27.4 Å². The third-order valence-corrected chi connectivity index (χ3v) is 3.81. The van der Waals surface area contributed by atoms with E-state index >= 15 is 0 Å². The van der Waals surface area contributed by atoms with Gasteiger partial charge in [-0.15, -0.1) is 0 Å². The van der Waals surface area contributed by atoms with Crippen LogP contribution in [-0.2, 0) is 0 Å². The summed E-state index contributed by atoms with van der Waals surface area (Å²) in [5.41, 5.74) is 1.28. The zero-order chi connectivity index (χ0) is 15.9. The number of hydrogen-bond acceptors (Lipinski definition) is 4. The highest BCUT2D eigenvalue weighted by molar-refractivity contribution is 5.42. The van der Waals surface area contributed by atoms with Gasteiger partial charge in [0.15, 0.2) is 0 Å². The maximum absolute atomic E-state index is 8.95. The first-order valence-corrected chi connectivity index (χ1v) is 7.49. The minimum Gasteiger partial charge on any atom is -0.497 e. The molecule has 1 atom stereocenters. The molecule has 120 valence electrons. The summed E-state index contributed by atoms with van der Waals surface area (Å²) in [6.45, 7) is 7.71. The molecule has 0 aliphatic heterocycles. The smallest absolute Gasteiger partial charge is 0.127 e. The van der Waals surface area contributed by atoms with Crippen LogP contribution in [0.25, 0.3) is 0 Å². The van der Waals surface area contributed by atoms with Gasteiger partial charge in [-0.2, -0.15) is 0 Å². The van der Waals surface area contributed by atoms with Gasteiger partial charge in [-0.05, 0) is 31.2 Å². The Labute approximate surface area is 128 Å². The van der Waals surface area contributed by atoms with Crippen LogP contribution in [0.1, 0.15) is 45.2 Å². The van der Waals surface area contributed by atoms with Crippen LogP contribution in [0.4, 0.5) is 0 Å². The molecule has 0 amide bonds. The normalized spacial score (nSPS) is 13.0. The highest BCUT2D eigenvalue weighted by Crippen LogP contribution is 2.30. The van der Waals surface area contributed by atoms with Gasteiger partial charge in [-0.1, -0.05) is 19.9 Å². The Hall–Kier alpha value is -1.26. The van der Waals surface area contributed by atoms with Crippen LogP contribution in [0.3, 0.4) is 0 Å². The van der Waals surface area contributed by atoms with Crippen molar-refractivity contribution in [3.63, 3.8) is 0 Å². The Bertz CT molecular complexity index is 432. The van der Waals surface area contributed by atoms with Crippen molar-refractivity contribution < 1.29 is 14.6 Å². The topological polar surface area (TPSA) is 50.7 Å². The van der Waals surface area contributed by atoms with Crippen LogP contribution in [0.2, 0.25) is 0 Å². The molecule has 4 nitrogen and oxygen atoms in total. The van der Waals surface area contributed by atoms with E-state index in [4.69, 9.17) is 14.6 Å². The fraction of sp³-hybridized carbons (Fsp3) is 0.647. The predicted octanol–water partition coefficient (Wildman–Crippen LogP) is 3.15. The fourth-order valence-electron chi connectivity index (χ4n) is 2.36. The van der Waals surface area contributed by atoms with Crippen LogP contribution >= 0.6 is 0 Å². The molecule has 0 radical (unpaired) electrons. The van der Waals surface area contributed by atoms with E-state index in [2.05, 4.69) is 26.1 Å². The van der Waals surface area contributed by atoms with Gasteiger partial charge in [0.05, 0.1) is 14.2 Å². The van der Waals surface area contributed by atoms with Crippen molar-refractivity contribution >= 4 is 0 Å². The summed E-state index contributed by atoms with van der Waals surface area (Å²) in [5.74, 6) is 1.63. The zero-order valence-corrected chi connectivity index (χ0v) is 13.9. The van der Waals surface area contributed by atoms with E-state index in [0.29, 0.717) is 0 Å². The van der Waals surface area contributed by atoms with Crippen molar-refractivity contribution in [2.45, 2.75) is 39.7 Å². The van der Waals surface area contributed by atoms with Crippen LogP contribution in [-0.4, -0.2) is 32.5 Å². The summed E-state index contributed by atoms with van der Waals surface area (Å²) in [5, 5.41) is 12.5. The number of methoxy groups -OCH3 is 2. The monoisotopic (exact) mass is 295 g/mol. The van der Waals surface area contributed by atoms with E-state index in [1.165, 1.54) is 0 Å². The molecule has 1 aromatic rings. The van der Waals surface area contributed by atoms with Gasteiger partial charge in [-0.25, -0.2) is 0 Å². The molecule has 0 spiro atoms. The molecule has 0 aliphatic carbocycles. The third kappa shape index (κ3) is 5.56.